The van der Waals surface area contributed by atoms with Crippen LogP contribution in [0.25, 0.3) is 5.69 Å². The Bertz CT molecular complexity index is 938. The molecule has 1 aliphatic heterocycles. The zero-order valence-corrected chi connectivity index (χ0v) is 16.5. The van der Waals surface area contributed by atoms with Crippen molar-refractivity contribution in [3.8, 4) is 17.2 Å². The molecule has 2 aromatic carbocycles. The van der Waals surface area contributed by atoms with Gasteiger partial charge in [-0.15, -0.1) is 0 Å². The van der Waals surface area contributed by atoms with Gasteiger partial charge in [0.05, 0.1) is 18.7 Å². The van der Waals surface area contributed by atoms with E-state index in [0.717, 1.165) is 29.2 Å². The predicted octanol–water partition coefficient (Wildman–Crippen LogP) is 3.49. The highest BCUT2D eigenvalue weighted by molar-refractivity contribution is 5.79. The molecule has 29 heavy (non-hydrogen) atoms. The Kier molecular flexibility index (Phi) is 5.79. The molecule has 2 heterocycles. The van der Waals surface area contributed by atoms with Crippen LogP contribution in [-0.4, -0.2) is 46.4 Å². The van der Waals surface area contributed by atoms with Crippen LogP contribution in [0.3, 0.4) is 0 Å². The molecule has 0 unspecified atom stereocenters. The van der Waals surface area contributed by atoms with Gasteiger partial charge < -0.3 is 14.4 Å². The Labute approximate surface area is 170 Å². The van der Waals surface area contributed by atoms with Gasteiger partial charge in [-0.2, -0.15) is 5.10 Å². The number of nitrogens with zero attached hydrogens (tertiary/aromatic N) is 3. The lowest BCUT2D eigenvalue weighted by Crippen LogP contribution is -2.44. The highest BCUT2D eigenvalue weighted by Crippen LogP contribution is 2.31. The molecule has 1 aromatic heterocycles. The van der Waals surface area contributed by atoms with Crippen LogP contribution < -0.4 is 9.47 Å². The third-order valence-electron chi connectivity index (χ3n) is 4.90. The minimum Gasteiger partial charge on any atom is -0.486 e. The number of hydrogen-bond acceptors (Lipinski definition) is 4. The first-order chi connectivity index (χ1) is 14.2. The topological polar surface area (TPSA) is 56.6 Å². The Morgan fingerprint density at radius 3 is 2.66 bits per heavy atom. The van der Waals surface area contributed by atoms with Crippen LogP contribution in [0.1, 0.15) is 18.9 Å². The van der Waals surface area contributed by atoms with Crippen molar-refractivity contribution in [1.82, 2.24) is 14.7 Å². The lowest BCUT2D eigenvalue weighted by molar-refractivity contribution is -0.132. The van der Waals surface area contributed by atoms with Crippen molar-refractivity contribution >= 4 is 5.91 Å². The van der Waals surface area contributed by atoms with Gasteiger partial charge in [0, 0.05) is 18.9 Å². The zero-order valence-electron chi connectivity index (χ0n) is 16.5. The first-order valence-corrected chi connectivity index (χ1v) is 9.98. The highest BCUT2D eigenvalue weighted by atomic mass is 16.6. The third kappa shape index (κ3) is 4.59. The molecule has 0 fully saturated rings. The molecule has 1 aliphatic rings. The molecule has 150 valence electrons. The van der Waals surface area contributed by atoms with Crippen LogP contribution in [0.15, 0.2) is 67.0 Å². The highest BCUT2D eigenvalue weighted by Gasteiger charge is 2.25. The van der Waals surface area contributed by atoms with Crippen molar-refractivity contribution in [2.75, 3.05) is 19.7 Å². The minimum atomic E-state index is -0.164. The van der Waals surface area contributed by atoms with E-state index in [4.69, 9.17) is 9.47 Å². The number of para-hydroxylation sites is 2. The summed E-state index contributed by atoms with van der Waals surface area (Å²) in [6, 6.07) is 17.5. The summed E-state index contributed by atoms with van der Waals surface area (Å²) in [5.41, 5.74) is 1.96. The van der Waals surface area contributed by atoms with E-state index in [2.05, 4.69) is 12.0 Å². The molecule has 1 atom stereocenters. The molecule has 0 saturated heterocycles. The predicted molar refractivity (Wildman–Crippen MR) is 110 cm³/mol. The van der Waals surface area contributed by atoms with Crippen LogP contribution in [0.2, 0.25) is 0 Å². The second-order valence-electron chi connectivity index (χ2n) is 7.13. The van der Waals surface area contributed by atoms with E-state index in [0.29, 0.717) is 26.1 Å². The number of benzene rings is 2. The number of aromatic nitrogens is 2. The third-order valence-corrected chi connectivity index (χ3v) is 4.90. The molecule has 0 saturated carbocycles. The summed E-state index contributed by atoms with van der Waals surface area (Å²) in [5, 5.41) is 4.23. The van der Waals surface area contributed by atoms with Crippen LogP contribution >= 0.6 is 0 Å². The maximum atomic E-state index is 12.9. The van der Waals surface area contributed by atoms with Crippen LogP contribution in [0.4, 0.5) is 0 Å². The standard InChI is InChI=1S/C23H25N3O3/c1-2-13-25(16-20-17-28-21-6-3-4-7-22(21)29-20)23(27)15-18-8-10-19(11-9-18)26-14-5-12-24-26/h3-12,14,20H,2,13,15-17H2,1H3/t20-/m0/s1. The van der Waals surface area contributed by atoms with Crippen molar-refractivity contribution in [1.29, 1.82) is 0 Å². The fourth-order valence-corrected chi connectivity index (χ4v) is 3.46. The molecule has 6 heteroatoms. The van der Waals surface area contributed by atoms with Gasteiger partial charge in [-0.1, -0.05) is 31.2 Å². The smallest absolute Gasteiger partial charge is 0.227 e. The van der Waals surface area contributed by atoms with E-state index >= 15 is 0 Å². The SMILES string of the molecule is CCCN(C[C@H]1COc2ccccc2O1)C(=O)Cc1ccc(-n2cccn2)cc1. The fourth-order valence-electron chi connectivity index (χ4n) is 3.46. The van der Waals surface area contributed by atoms with Gasteiger partial charge >= 0.3 is 0 Å². The lowest BCUT2D eigenvalue weighted by Gasteiger charge is -2.31. The van der Waals surface area contributed by atoms with E-state index in [1.54, 1.807) is 10.9 Å². The molecular weight excluding hydrogens is 366 g/mol. The molecule has 0 N–H and O–H groups in total. The van der Waals surface area contributed by atoms with Crippen molar-refractivity contribution < 1.29 is 14.3 Å². The van der Waals surface area contributed by atoms with Gasteiger partial charge in [-0.25, -0.2) is 4.68 Å². The maximum Gasteiger partial charge on any atom is 0.227 e. The lowest BCUT2D eigenvalue weighted by atomic mass is 10.1. The van der Waals surface area contributed by atoms with Crippen molar-refractivity contribution in [3.63, 3.8) is 0 Å². The van der Waals surface area contributed by atoms with Crippen molar-refractivity contribution in [3.05, 3.63) is 72.6 Å². The Morgan fingerprint density at radius 2 is 1.93 bits per heavy atom. The van der Waals surface area contributed by atoms with Gasteiger partial charge in [0.1, 0.15) is 6.61 Å². The quantitative estimate of drug-likeness (QED) is 0.619. The fraction of sp³-hybridized carbons (Fsp3) is 0.304. The molecule has 0 spiro atoms. The summed E-state index contributed by atoms with van der Waals surface area (Å²) in [6.07, 6.45) is 4.74. The minimum absolute atomic E-state index is 0.0983. The monoisotopic (exact) mass is 391 g/mol. The molecular formula is C23H25N3O3. The summed E-state index contributed by atoms with van der Waals surface area (Å²) in [4.78, 5) is 14.8. The van der Waals surface area contributed by atoms with E-state index in [1.807, 2.05) is 65.7 Å². The molecule has 4 rings (SSSR count). The number of fused-ring (bicyclic) bond motifs is 1. The first-order valence-electron chi connectivity index (χ1n) is 9.98. The van der Waals surface area contributed by atoms with Crippen LogP contribution in [-0.2, 0) is 11.2 Å². The normalized spacial score (nSPS) is 15.1. The molecule has 0 aliphatic carbocycles. The van der Waals surface area contributed by atoms with Gasteiger partial charge in [-0.3, -0.25) is 4.79 Å². The average Bonchev–Trinajstić information content (AvgIpc) is 3.29. The number of ether oxygens (including phenoxy) is 2. The Morgan fingerprint density at radius 1 is 1.14 bits per heavy atom. The van der Waals surface area contributed by atoms with Gasteiger partial charge in [-0.05, 0) is 42.3 Å². The molecule has 3 aromatic rings. The number of carbonyl (C=O) groups is 1. The first kappa shape index (κ1) is 19.1. The summed E-state index contributed by atoms with van der Waals surface area (Å²) in [7, 11) is 0. The molecule has 1 amide bonds. The summed E-state index contributed by atoms with van der Waals surface area (Å²) < 4.78 is 13.6. The van der Waals surface area contributed by atoms with Crippen molar-refractivity contribution in [2.45, 2.75) is 25.9 Å². The summed E-state index contributed by atoms with van der Waals surface area (Å²) in [6.45, 7) is 3.74. The van der Waals surface area contributed by atoms with Gasteiger partial charge in [0.2, 0.25) is 5.91 Å². The number of amides is 1. The molecule has 0 bridgehead atoms. The second kappa shape index (κ2) is 8.82. The van der Waals surface area contributed by atoms with Crippen LogP contribution in [0, 0.1) is 0 Å². The zero-order chi connectivity index (χ0) is 20.1. The van der Waals surface area contributed by atoms with E-state index in [1.165, 1.54) is 0 Å². The Hall–Kier alpha value is -3.28. The van der Waals surface area contributed by atoms with E-state index in [9.17, 15) is 4.79 Å². The second-order valence-corrected chi connectivity index (χ2v) is 7.13. The van der Waals surface area contributed by atoms with E-state index < -0.39 is 0 Å². The van der Waals surface area contributed by atoms with E-state index in [-0.39, 0.29) is 12.0 Å². The molecule has 0 radical (unpaired) electrons. The van der Waals surface area contributed by atoms with Gasteiger partial charge in [0.15, 0.2) is 17.6 Å². The number of carbonyl (C=O) groups excluding carboxylic acids is 1. The Balaban J connectivity index is 1.38. The van der Waals surface area contributed by atoms with Gasteiger partial charge in [0.25, 0.3) is 0 Å². The maximum absolute atomic E-state index is 12.9. The average molecular weight is 391 g/mol. The number of hydrogen-bond donors (Lipinski definition) is 0. The molecule has 6 nitrogen and oxygen atoms in total. The largest absolute Gasteiger partial charge is 0.486 e. The number of rotatable bonds is 7. The summed E-state index contributed by atoms with van der Waals surface area (Å²) in [5.74, 6) is 1.59. The van der Waals surface area contributed by atoms with Crippen molar-refractivity contribution in [2.24, 2.45) is 0 Å². The van der Waals surface area contributed by atoms with Crippen LogP contribution in [0.5, 0.6) is 11.5 Å². The summed E-state index contributed by atoms with van der Waals surface area (Å²) >= 11 is 0.